The van der Waals surface area contributed by atoms with E-state index in [0.29, 0.717) is 16.5 Å². The molecule has 3 aromatic rings. The van der Waals surface area contributed by atoms with Gasteiger partial charge in [-0.25, -0.2) is 4.39 Å². The first-order valence-corrected chi connectivity index (χ1v) is 8.73. The SMILES string of the molecule is Fc1ccccc1-c1c2c(nc3ccc(Cl)cc13)C1CCN2CC1. The number of fused-ring (bicyclic) bond motifs is 3. The number of piperidine rings is 1. The van der Waals surface area contributed by atoms with Crippen LogP contribution in [0.2, 0.25) is 5.02 Å². The lowest BCUT2D eigenvalue weighted by Crippen LogP contribution is -2.39. The molecule has 120 valence electrons. The number of anilines is 1. The Hall–Kier alpha value is -2.13. The maximum Gasteiger partial charge on any atom is 0.131 e. The molecule has 1 saturated heterocycles. The van der Waals surface area contributed by atoms with E-state index in [4.69, 9.17) is 16.6 Å². The smallest absolute Gasteiger partial charge is 0.131 e. The van der Waals surface area contributed by atoms with Gasteiger partial charge in [-0.1, -0.05) is 29.8 Å². The first-order chi connectivity index (χ1) is 11.7. The molecule has 6 rings (SSSR count). The minimum absolute atomic E-state index is 0.199. The lowest BCUT2D eigenvalue weighted by molar-refractivity contribution is 0.466. The maximum absolute atomic E-state index is 14.6. The van der Waals surface area contributed by atoms with E-state index in [-0.39, 0.29) is 5.82 Å². The number of benzene rings is 2. The van der Waals surface area contributed by atoms with Crippen molar-refractivity contribution in [1.29, 1.82) is 0 Å². The molecule has 0 N–H and O–H groups in total. The first kappa shape index (κ1) is 14.2. The second-order valence-electron chi connectivity index (χ2n) is 6.62. The van der Waals surface area contributed by atoms with Crippen LogP contribution in [0.1, 0.15) is 24.5 Å². The highest BCUT2D eigenvalue weighted by Crippen LogP contribution is 2.49. The molecule has 0 radical (unpaired) electrons. The minimum Gasteiger partial charge on any atom is -0.369 e. The van der Waals surface area contributed by atoms with Crippen molar-refractivity contribution in [3.8, 4) is 11.1 Å². The van der Waals surface area contributed by atoms with Gasteiger partial charge in [-0.15, -0.1) is 0 Å². The zero-order valence-corrected chi connectivity index (χ0v) is 13.9. The Morgan fingerprint density at radius 1 is 1.08 bits per heavy atom. The molecule has 24 heavy (non-hydrogen) atoms. The molecule has 2 aromatic carbocycles. The van der Waals surface area contributed by atoms with Crippen molar-refractivity contribution >= 4 is 28.2 Å². The summed E-state index contributed by atoms with van der Waals surface area (Å²) in [4.78, 5) is 7.30. The Morgan fingerprint density at radius 3 is 2.67 bits per heavy atom. The van der Waals surface area contributed by atoms with E-state index < -0.39 is 0 Å². The van der Waals surface area contributed by atoms with Crippen LogP contribution >= 0.6 is 11.6 Å². The number of hydrogen-bond donors (Lipinski definition) is 0. The molecule has 2 nitrogen and oxygen atoms in total. The predicted octanol–water partition coefficient (Wildman–Crippen LogP) is 5.39. The second-order valence-corrected chi connectivity index (χ2v) is 7.06. The normalized spacial score (nSPS) is 16.7. The molecule has 0 saturated carbocycles. The fourth-order valence-electron chi connectivity index (χ4n) is 4.16. The highest BCUT2D eigenvalue weighted by molar-refractivity contribution is 6.31. The van der Waals surface area contributed by atoms with E-state index in [9.17, 15) is 4.39 Å². The molecule has 0 spiro atoms. The molecule has 0 unspecified atom stereocenters. The summed E-state index contributed by atoms with van der Waals surface area (Å²) in [5.74, 6) is 0.283. The number of nitrogens with zero attached hydrogens (tertiary/aromatic N) is 2. The molecule has 0 aliphatic carbocycles. The number of halogens is 2. The van der Waals surface area contributed by atoms with Crippen LogP contribution in [0.5, 0.6) is 0 Å². The fraction of sp³-hybridized carbons (Fsp3) is 0.250. The molecule has 4 heteroatoms. The van der Waals surface area contributed by atoms with Gasteiger partial charge in [0.1, 0.15) is 5.82 Å². The van der Waals surface area contributed by atoms with Gasteiger partial charge in [0.2, 0.25) is 0 Å². The fourth-order valence-corrected chi connectivity index (χ4v) is 4.33. The number of aromatic nitrogens is 1. The van der Waals surface area contributed by atoms with Crippen LogP contribution in [0, 0.1) is 5.82 Å². The summed E-state index contributed by atoms with van der Waals surface area (Å²) in [6.07, 6.45) is 2.27. The molecule has 3 aliphatic rings. The number of pyridine rings is 1. The molecule has 2 bridgehead atoms. The van der Waals surface area contributed by atoms with Gasteiger partial charge in [0, 0.05) is 40.5 Å². The molecule has 0 atom stereocenters. The van der Waals surface area contributed by atoms with Crippen LogP contribution in [-0.2, 0) is 0 Å². The Kier molecular flexibility index (Phi) is 3.07. The van der Waals surface area contributed by atoms with E-state index in [1.54, 1.807) is 6.07 Å². The van der Waals surface area contributed by atoms with Crippen LogP contribution in [0.4, 0.5) is 10.1 Å². The van der Waals surface area contributed by atoms with Gasteiger partial charge in [0.05, 0.1) is 16.9 Å². The Bertz CT molecular complexity index is 961. The summed E-state index contributed by atoms with van der Waals surface area (Å²) in [6, 6.07) is 12.7. The summed E-state index contributed by atoms with van der Waals surface area (Å²) < 4.78 is 14.6. The van der Waals surface area contributed by atoms with Crippen LogP contribution in [0.3, 0.4) is 0 Å². The molecule has 3 aliphatic heterocycles. The zero-order chi connectivity index (χ0) is 16.3. The lowest BCUT2D eigenvalue weighted by atomic mass is 9.83. The number of hydrogen-bond acceptors (Lipinski definition) is 2. The average molecular weight is 339 g/mol. The molecule has 1 aromatic heterocycles. The van der Waals surface area contributed by atoms with Crippen LogP contribution in [0.25, 0.3) is 22.0 Å². The van der Waals surface area contributed by atoms with Crippen molar-refractivity contribution in [2.24, 2.45) is 0 Å². The van der Waals surface area contributed by atoms with Gasteiger partial charge in [-0.2, -0.15) is 0 Å². The average Bonchev–Trinajstić information content (AvgIpc) is 2.62. The Balaban J connectivity index is 1.94. The van der Waals surface area contributed by atoms with Crippen LogP contribution in [0.15, 0.2) is 42.5 Å². The molecular weight excluding hydrogens is 323 g/mol. The van der Waals surface area contributed by atoms with Crippen LogP contribution < -0.4 is 4.90 Å². The Morgan fingerprint density at radius 2 is 1.88 bits per heavy atom. The Labute approximate surface area is 144 Å². The summed E-state index contributed by atoms with van der Waals surface area (Å²) in [6.45, 7) is 2.04. The topological polar surface area (TPSA) is 16.1 Å². The summed E-state index contributed by atoms with van der Waals surface area (Å²) in [5.41, 5.74) is 4.71. The highest BCUT2D eigenvalue weighted by Gasteiger charge is 2.35. The maximum atomic E-state index is 14.6. The highest BCUT2D eigenvalue weighted by atomic mass is 35.5. The van der Waals surface area contributed by atoms with Crippen molar-refractivity contribution in [2.45, 2.75) is 18.8 Å². The van der Waals surface area contributed by atoms with E-state index in [2.05, 4.69) is 4.90 Å². The summed E-state index contributed by atoms with van der Waals surface area (Å²) >= 11 is 6.24. The first-order valence-electron chi connectivity index (χ1n) is 8.35. The van der Waals surface area contributed by atoms with Gasteiger partial charge in [0.25, 0.3) is 0 Å². The van der Waals surface area contributed by atoms with Crippen LogP contribution in [-0.4, -0.2) is 18.1 Å². The molecular formula is C20H16ClFN2. The van der Waals surface area contributed by atoms with E-state index in [1.165, 1.54) is 6.07 Å². The monoisotopic (exact) mass is 338 g/mol. The molecule has 4 heterocycles. The van der Waals surface area contributed by atoms with E-state index in [0.717, 1.165) is 53.8 Å². The number of rotatable bonds is 1. The van der Waals surface area contributed by atoms with Crippen molar-refractivity contribution < 1.29 is 4.39 Å². The molecule has 1 fully saturated rings. The van der Waals surface area contributed by atoms with Gasteiger partial charge < -0.3 is 4.90 Å². The van der Waals surface area contributed by atoms with E-state index >= 15 is 0 Å². The van der Waals surface area contributed by atoms with Crippen molar-refractivity contribution in [1.82, 2.24) is 4.98 Å². The van der Waals surface area contributed by atoms with Crippen molar-refractivity contribution in [2.75, 3.05) is 18.0 Å². The zero-order valence-electron chi connectivity index (χ0n) is 13.1. The van der Waals surface area contributed by atoms with Crippen molar-refractivity contribution in [3.05, 3.63) is 59.0 Å². The summed E-state index contributed by atoms with van der Waals surface area (Å²) in [7, 11) is 0. The summed E-state index contributed by atoms with van der Waals surface area (Å²) in [5, 5.41) is 1.58. The largest absolute Gasteiger partial charge is 0.369 e. The standard InChI is InChI=1S/C20H16ClFN2/c21-13-5-6-17-15(11-13)18(14-3-1-2-4-16(14)22)20-19(23-17)12-7-9-24(20)10-8-12/h1-6,11-12H,7-10H2. The third-order valence-electron chi connectivity index (χ3n) is 5.29. The second kappa shape index (κ2) is 5.18. The third kappa shape index (κ3) is 1.97. The van der Waals surface area contributed by atoms with Gasteiger partial charge in [0.15, 0.2) is 0 Å². The van der Waals surface area contributed by atoms with Crippen molar-refractivity contribution in [3.63, 3.8) is 0 Å². The third-order valence-corrected chi connectivity index (χ3v) is 5.52. The van der Waals surface area contributed by atoms with Gasteiger partial charge in [-0.05, 0) is 37.1 Å². The van der Waals surface area contributed by atoms with Gasteiger partial charge in [-0.3, -0.25) is 4.98 Å². The van der Waals surface area contributed by atoms with Gasteiger partial charge >= 0.3 is 0 Å². The predicted molar refractivity (Wildman–Crippen MR) is 96.3 cm³/mol. The van der Waals surface area contributed by atoms with E-state index in [1.807, 2.05) is 30.3 Å². The minimum atomic E-state index is -0.199. The lowest BCUT2D eigenvalue weighted by Gasteiger charge is -2.43. The molecule has 0 amide bonds. The quantitative estimate of drug-likeness (QED) is 0.591.